The van der Waals surface area contributed by atoms with Crippen LogP contribution in [0.25, 0.3) is 0 Å². The highest BCUT2D eigenvalue weighted by atomic mass is 16.4. The lowest BCUT2D eigenvalue weighted by molar-refractivity contribution is -0.140. The fourth-order valence-electron chi connectivity index (χ4n) is 1.86. The molecule has 0 heterocycles. The van der Waals surface area contributed by atoms with Gasteiger partial charge in [0.2, 0.25) is 0 Å². The molecule has 0 bridgehead atoms. The Morgan fingerprint density at radius 3 is 1.82 bits per heavy atom. The SMILES string of the molecule is CC(=O)[C@H]1[C@H](C(=O)O)C1(C)C. The van der Waals surface area contributed by atoms with Gasteiger partial charge in [-0.2, -0.15) is 0 Å². The zero-order valence-corrected chi connectivity index (χ0v) is 6.92. The number of rotatable bonds is 2. The first-order valence-electron chi connectivity index (χ1n) is 3.62. The maximum Gasteiger partial charge on any atom is 0.307 e. The molecule has 0 unspecified atom stereocenters. The maximum absolute atomic E-state index is 10.9. The maximum atomic E-state index is 10.9. The summed E-state index contributed by atoms with van der Waals surface area (Å²) in [6.45, 7) is 5.09. The second kappa shape index (κ2) is 2.06. The summed E-state index contributed by atoms with van der Waals surface area (Å²) >= 11 is 0. The lowest BCUT2D eigenvalue weighted by Crippen LogP contribution is -2.04. The van der Waals surface area contributed by atoms with Gasteiger partial charge in [0.25, 0.3) is 0 Å². The summed E-state index contributed by atoms with van der Waals surface area (Å²) in [5, 5.41) is 8.66. The van der Waals surface area contributed by atoms with Gasteiger partial charge in [-0.25, -0.2) is 0 Å². The van der Waals surface area contributed by atoms with Gasteiger partial charge in [-0.15, -0.1) is 0 Å². The van der Waals surface area contributed by atoms with E-state index in [0.717, 1.165) is 0 Å². The van der Waals surface area contributed by atoms with Crippen LogP contribution in [0.3, 0.4) is 0 Å². The Bertz CT molecular complexity index is 195. The number of aliphatic carboxylic acids is 1. The smallest absolute Gasteiger partial charge is 0.307 e. The van der Waals surface area contributed by atoms with Crippen molar-refractivity contribution in [1.82, 2.24) is 0 Å². The molecule has 0 aliphatic heterocycles. The van der Waals surface area contributed by atoms with E-state index in [0.29, 0.717) is 0 Å². The highest BCUT2D eigenvalue weighted by Gasteiger charge is 2.64. The van der Waals surface area contributed by atoms with Crippen LogP contribution < -0.4 is 0 Å². The number of ketones is 1. The van der Waals surface area contributed by atoms with Gasteiger partial charge >= 0.3 is 5.97 Å². The minimum atomic E-state index is -0.852. The van der Waals surface area contributed by atoms with Crippen molar-refractivity contribution in [3.63, 3.8) is 0 Å². The van der Waals surface area contributed by atoms with Gasteiger partial charge in [-0.3, -0.25) is 9.59 Å². The average molecular weight is 156 g/mol. The summed E-state index contributed by atoms with van der Waals surface area (Å²) in [5.74, 6) is -1.59. The largest absolute Gasteiger partial charge is 0.481 e. The van der Waals surface area contributed by atoms with E-state index >= 15 is 0 Å². The van der Waals surface area contributed by atoms with Gasteiger partial charge in [-0.1, -0.05) is 13.8 Å². The van der Waals surface area contributed by atoms with Crippen LogP contribution in [0.1, 0.15) is 20.8 Å². The predicted molar refractivity (Wildman–Crippen MR) is 39.1 cm³/mol. The fraction of sp³-hybridized carbons (Fsp3) is 0.750. The zero-order chi connectivity index (χ0) is 8.81. The molecule has 0 radical (unpaired) electrons. The Hall–Kier alpha value is -0.860. The van der Waals surface area contributed by atoms with Crippen molar-refractivity contribution in [3.8, 4) is 0 Å². The number of hydrogen-bond acceptors (Lipinski definition) is 2. The van der Waals surface area contributed by atoms with Gasteiger partial charge in [0, 0.05) is 5.92 Å². The van der Waals surface area contributed by atoms with Gasteiger partial charge in [0.05, 0.1) is 5.92 Å². The Morgan fingerprint density at radius 2 is 1.73 bits per heavy atom. The highest BCUT2D eigenvalue weighted by molar-refractivity contribution is 5.91. The van der Waals surface area contributed by atoms with E-state index in [1.165, 1.54) is 6.92 Å². The normalized spacial score (nSPS) is 33.0. The van der Waals surface area contributed by atoms with Crippen molar-refractivity contribution >= 4 is 11.8 Å². The van der Waals surface area contributed by atoms with E-state index in [1.807, 2.05) is 13.8 Å². The third kappa shape index (κ3) is 1.04. The Morgan fingerprint density at radius 1 is 1.27 bits per heavy atom. The van der Waals surface area contributed by atoms with Crippen molar-refractivity contribution in [1.29, 1.82) is 0 Å². The second-order valence-electron chi connectivity index (χ2n) is 3.73. The Kier molecular flexibility index (Phi) is 1.54. The van der Waals surface area contributed by atoms with Crippen LogP contribution in [0.15, 0.2) is 0 Å². The molecular formula is C8H12O3. The van der Waals surface area contributed by atoms with E-state index in [-0.39, 0.29) is 17.1 Å². The number of carboxylic acids is 1. The monoisotopic (exact) mass is 156 g/mol. The van der Waals surface area contributed by atoms with Crippen LogP contribution in [0.2, 0.25) is 0 Å². The van der Waals surface area contributed by atoms with Crippen molar-refractivity contribution in [3.05, 3.63) is 0 Å². The molecule has 1 fully saturated rings. The molecule has 11 heavy (non-hydrogen) atoms. The molecule has 1 N–H and O–H groups in total. The second-order valence-corrected chi connectivity index (χ2v) is 3.73. The summed E-state index contributed by atoms with van der Waals surface area (Å²) in [6.07, 6.45) is 0. The Labute approximate surface area is 65.4 Å². The van der Waals surface area contributed by atoms with Crippen LogP contribution in [-0.4, -0.2) is 16.9 Å². The first-order valence-corrected chi connectivity index (χ1v) is 3.62. The first-order chi connectivity index (χ1) is 4.89. The van der Waals surface area contributed by atoms with E-state index in [1.54, 1.807) is 0 Å². The van der Waals surface area contributed by atoms with Crippen LogP contribution in [0.5, 0.6) is 0 Å². The molecule has 2 atom stereocenters. The standard InChI is InChI=1S/C8H12O3/c1-4(9)5-6(7(10)11)8(5,2)3/h5-6H,1-3H3,(H,10,11)/t5-,6+/m0/s1. The first kappa shape index (κ1) is 8.24. The Balaban J connectivity index is 2.76. The molecular weight excluding hydrogens is 144 g/mol. The van der Waals surface area contributed by atoms with Gasteiger partial charge < -0.3 is 5.11 Å². The number of carboxylic acid groups (broad SMARTS) is 1. The lowest BCUT2D eigenvalue weighted by Gasteiger charge is -1.96. The quantitative estimate of drug-likeness (QED) is 0.647. The molecule has 3 nitrogen and oxygen atoms in total. The molecule has 1 rings (SSSR count). The number of hydrogen-bond donors (Lipinski definition) is 1. The third-order valence-corrected chi connectivity index (χ3v) is 2.53. The minimum absolute atomic E-state index is 0.0117. The molecule has 0 saturated heterocycles. The van der Waals surface area contributed by atoms with Crippen LogP contribution in [0.4, 0.5) is 0 Å². The third-order valence-electron chi connectivity index (χ3n) is 2.53. The molecule has 0 aromatic heterocycles. The lowest BCUT2D eigenvalue weighted by atomic mass is 10.1. The number of carbonyl (C=O) groups excluding carboxylic acids is 1. The molecule has 0 amide bonds. The summed E-state index contributed by atoms with van der Waals surface area (Å²) in [6, 6.07) is 0. The topological polar surface area (TPSA) is 54.4 Å². The molecule has 0 aromatic rings. The van der Waals surface area contributed by atoms with Crippen molar-refractivity contribution in [2.24, 2.45) is 17.3 Å². The summed E-state index contributed by atoms with van der Waals surface area (Å²) < 4.78 is 0. The zero-order valence-electron chi connectivity index (χ0n) is 6.92. The minimum Gasteiger partial charge on any atom is -0.481 e. The van der Waals surface area contributed by atoms with Gasteiger partial charge in [0.15, 0.2) is 0 Å². The average Bonchev–Trinajstić information content (AvgIpc) is 2.33. The van der Waals surface area contributed by atoms with Crippen LogP contribution in [0, 0.1) is 17.3 Å². The highest BCUT2D eigenvalue weighted by Crippen LogP contribution is 2.58. The molecule has 3 heteroatoms. The molecule has 1 aliphatic rings. The molecule has 1 saturated carbocycles. The van der Waals surface area contributed by atoms with E-state index < -0.39 is 11.9 Å². The van der Waals surface area contributed by atoms with Crippen molar-refractivity contribution in [2.75, 3.05) is 0 Å². The summed E-state index contributed by atoms with van der Waals surface area (Å²) in [7, 11) is 0. The van der Waals surface area contributed by atoms with Crippen molar-refractivity contribution < 1.29 is 14.7 Å². The van der Waals surface area contributed by atoms with E-state index in [4.69, 9.17) is 5.11 Å². The molecule has 0 aromatic carbocycles. The molecule has 1 aliphatic carbocycles. The molecule has 0 spiro atoms. The number of Topliss-reactive ketones (excluding diaryl/α,β-unsaturated/α-hetero) is 1. The predicted octanol–water partition coefficient (Wildman–Crippen LogP) is 0.932. The number of carbonyl (C=O) groups is 2. The van der Waals surface area contributed by atoms with Gasteiger partial charge in [-0.05, 0) is 12.3 Å². The summed E-state index contributed by atoms with van der Waals surface area (Å²) in [5.41, 5.74) is -0.322. The van der Waals surface area contributed by atoms with Crippen LogP contribution >= 0.6 is 0 Å². The fourth-order valence-corrected chi connectivity index (χ4v) is 1.86. The van der Waals surface area contributed by atoms with Crippen LogP contribution in [-0.2, 0) is 9.59 Å². The van der Waals surface area contributed by atoms with Gasteiger partial charge in [0.1, 0.15) is 5.78 Å². The van der Waals surface area contributed by atoms with Crippen molar-refractivity contribution in [2.45, 2.75) is 20.8 Å². The summed E-state index contributed by atoms with van der Waals surface area (Å²) in [4.78, 5) is 21.4. The van der Waals surface area contributed by atoms with E-state index in [2.05, 4.69) is 0 Å². The van der Waals surface area contributed by atoms with E-state index in [9.17, 15) is 9.59 Å². The molecule has 62 valence electrons.